The second kappa shape index (κ2) is 11.6. The van der Waals surface area contributed by atoms with E-state index in [1.54, 1.807) is 0 Å². The second-order valence-electron chi connectivity index (χ2n) is 9.22. The molecular formula is C28H36F2N2. The summed E-state index contributed by atoms with van der Waals surface area (Å²) in [5.74, 6) is -1.16. The molecule has 1 aliphatic carbocycles. The van der Waals surface area contributed by atoms with Gasteiger partial charge in [0, 0.05) is 18.2 Å². The SMILES string of the molecule is CCCN(Cc1ccccc1)C(CC)CCC(C#N)(c1c(F)cccc1F)C1CCCC1. The van der Waals surface area contributed by atoms with Crippen molar-refractivity contribution in [3.05, 3.63) is 71.3 Å². The molecule has 3 rings (SSSR count). The smallest absolute Gasteiger partial charge is 0.130 e. The lowest BCUT2D eigenvalue weighted by Crippen LogP contribution is -2.40. The summed E-state index contributed by atoms with van der Waals surface area (Å²) in [6, 6.07) is 17.1. The van der Waals surface area contributed by atoms with E-state index < -0.39 is 17.0 Å². The summed E-state index contributed by atoms with van der Waals surface area (Å²) in [5, 5.41) is 10.4. The van der Waals surface area contributed by atoms with Crippen molar-refractivity contribution >= 4 is 0 Å². The van der Waals surface area contributed by atoms with Gasteiger partial charge in [-0.2, -0.15) is 5.26 Å². The topological polar surface area (TPSA) is 27.0 Å². The van der Waals surface area contributed by atoms with E-state index >= 15 is 0 Å². The van der Waals surface area contributed by atoms with Crippen LogP contribution in [0.4, 0.5) is 8.78 Å². The van der Waals surface area contributed by atoms with Gasteiger partial charge >= 0.3 is 0 Å². The van der Waals surface area contributed by atoms with Crippen LogP contribution in [0.1, 0.15) is 76.3 Å². The minimum atomic E-state index is -1.11. The van der Waals surface area contributed by atoms with Gasteiger partial charge in [-0.05, 0) is 68.7 Å². The molecule has 0 spiro atoms. The van der Waals surface area contributed by atoms with Crippen LogP contribution in [0.25, 0.3) is 0 Å². The van der Waals surface area contributed by atoms with Crippen molar-refractivity contribution in [3.8, 4) is 6.07 Å². The van der Waals surface area contributed by atoms with Crippen LogP contribution in [0, 0.1) is 28.9 Å². The molecule has 2 aromatic carbocycles. The number of nitrogens with zero attached hydrogens (tertiary/aromatic N) is 2. The van der Waals surface area contributed by atoms with E-state index in [0.29, 0.717) is 6.42 Å². The van der Waals surface area contributed by atoms with Crippen LogP contribution in [-0.2, 0) is 12.0 Å². The predicted molar refractivity (Wildman–Crippen MR) is 126 cm³/mol. The molecule has 0 aliphatic heterocycles. The highest BCUT2D eigenvalue weighted by Gasteiger charge is 2.45. The Labute approximate surface area is 192 Å². The number of hydrogen-bond donors (Lipinski definition) is 0. The molecule has 2 atom stereocenters. The van der Waals surface area contributed by atoms with Crippen LogP contribution < -0.4 is 0 Å². The normalized spacial score (nSPS) is 17.2. The first-order chi connectivity index (χ1) is 15.6. The third-order valence-electron chi connectivity index (χ3n) is 7.26. The van der Waals surface area contributed by atoms with Crippen LogP contribution in [0.3, 0.4) is 0 Å². The zero-order valence-electron chi connectivity index (χ0n) is 19.5. The van der Waals surface area contributed by atoms with Crippen molar-refractivity contribution in [2.24, 2.45) is 5.92 Å². The molecule has 2 aromatic rings. The molecule has 0 heterocycles. The first-order valence-electron chi connectivity index (χ1n) is 12.2. The van der Waals surface area contributed by atoms with E-state index in [1.165, 1.54) is 23.8 Å². The summed E-state index contributed by atoms with van der Waals surface area (Å²) >= 11 is 0. The number of halogens is 2. The summed E-state index contributed by atoms with van der Waals surface area (Å²) in [6.07, 6.45) is 6.99. The zero-order chi connectivity index (χ0) is 23.0. The summed E-state index contributed by atoms with van der Waals surface area (Å²) in [5.41, 5.74) is 0.153. The molecule has 1 saturated carbocycles. The van der Waals surface area contributed by atoms with Crippen molar-refractivity contribution in [3.63, 3.8) is 0 Å². The Balaban J connectivity index is 1.89. The number of nitriles is 1. The van der Waals surface area contributed by atoms with Crippen LogP contribution in [-0.4, -0.2) is 17.5 Å². The molecule has 0 amide bonds. The van der Waals surface area contributed by atoms with Crippen LogP contribution in [0.15, 0.2) is 48.5 Å². The fraction of sp³-hybridized carbons (Fsp3) is 0.536. The molecule has 2 nitrogen and oxygen atoms in total. The van der Waals surface area contributed by atoms with Crippen molar-refractivity contribution in [2.45, 2.75) is 83.2 Å². The average molecular weight is 439 g/mol. The highest BCUT2D eigenvalue weighted by atomic mass is 19.1. The third kappa shape index (κ3) is 5.38. The van der Waals surface area contributed by atoms with E-state index in [4.69, 9.17) is 0 Å². The summed E-state index contributed by atoms with van der Waals surface area (Å²) in [6.45, 7) is 6.16. The molecule has 0 bridgehead atoms. The Morgan fingerprint density at radius 2 is 1.69 bits per heavy atom. The van der Waals surface area contributed by atoms with Gasteiger partial charge in [0.1, 0.15) is 11.6 Å². The van der Waals surface area contributed by atoms with E-state index in [2.05, 4.69) is 49.1 Å². The molecule has 0 radical (unpaired) electrons. The van der Waals surface area contributed by atoms with Crippen molar-refractivity contribution in [1.29, 1.82) is 5.26 Å². The third-order valence-corrected chi connectivity index (χ3v) is 7.26. The molecule has 0 N–H and O–H groups in total. The zero-order valence-corrected chi connectivity index (χ0v) is 19.5. The molecule has 172 valence electrons. The summed E-state index contributed by atoms with van der Waals surface area (Å²) in [7, 11) is 0. The van der Waals surface area contributed by atoms with Gasteiger partial charge in [-0.1, -0.05) is 63.1 Å². The van der Waals surface area contributed by atoms with Crippen LogP contribution >= 0.6 is 0 Å². The first kappa shape index (κ1) is 24.4. The average Bonchev–Trinajstić information content (AvgIpc) is 3.34. The molecule has 1 aliphatic rings. The molecule has 32 heavy (non-hydrogen) atoms. The van der Waals surface area contributed by atoms with Gasteiger partial charge in [0.05, 0.1) is 11.5 Å². The molecule has 0 aromatic heterocycles. The Hall–Kier alpha value is -2.25. The van der Waals surface area contributed by atoms with E-state index in [0.717, 1.165) is 58.0 Å². The van der Waals surface area contributed by atoms with Gasteiger partial charge in [0.15, 0.2) is 0 Å². The maximum absolute atomic E-state index is 15.0. The van der Waals surface area contributed by atoms with Gasteiger partial charge in [0.25, 0.3) is 0 Å². The van der Waals surface area contributed by atoms with Crippen LogP contribution in [0.2, 0.25) is 0 Å². The molecular weight excluding hydrogens is 402 g/mol. The summed E-state index contributed by atoms with van der Waals surface area (Å²) in [4.78, 5) is 2.48. The lowest BCUT2D eigenvalue weighted by molar-refractivity contribution is 0.156. The highest BCUT2D eigenvalue weighted by Crippen LogP contribution is 2.47. The molecule has 2 unspecified atom stereocenters. The van der Waals surface area contributed by atoms with Gasteiger partial charge < -0.3 is 0 Å². The van der Waals surface area contributed by atoms with E-state index in [9.17, 15) is 14.0 Å². The lowest BCUT2D eigenvalue weighted by atomic mass is 9.66. The Bertz CT molecular complexity index is 866. The first-order valence-corrected chi connectivity index (χ1v) is 12.2. The number of benzene rings is 2. The minimum Gasteiger partial charge on any atom is -0.296 e. The second-order valence-corrected chi connectivity index (χ2v) is 9.22. The van der Waals surface area contributed by atoms with Gasteiger partial charge in [0.2, 0.25) is 0 Å². The monoisotopic (exact) mass is 438 g/mol. The van der Waals surface area contributed by atoms with Crippen molar-refractivity contribution in [1.82, 2.24) is 4.90 Å². The quantitative estimate of drug-likeness (QED) is 0.366. The number of rotatable bonds is 11. The lowest BCUT2D eigenvalue weighted by Gasteiger charge is -2.37. The molecule has 1 fully saturated rings. The fourth-order valence-corrected chi connectivity index (χ4v) is 5.61. The van der Waals surface area contributed by atoms with Gasteiger partial charge in [-0.3, -0.25) is 4.90 Å². The van der Waals surface area contributed by atoms with Gasteiger partial charge in [-0.15, -0.1) is 0 Å². The largest absolute Gasteiger partial charge is 0.296 e. The van der Waals surface area contributed by atoms with E-state index in [1.807, 2.05) is 6.07 Å². The molecule has 0 saturated heterocycles. The van der Waals surface area contributed by atoms with Gasteiger partial charge in [-0.25, -0.2) is 8.78 Å². The van der Waals surface area contributed by atoms with Crippen molar-refractivity contribution < 1.29 is 8.78 Å². The maximum atomic E-state index is 15.0. The van der Waals surface area contributed by atoms with Crippen molar-refractivity contribution in [2.75, 3.05) is 6.54 Å². The Kier molecular flexibility index (Phi) is 8.82. The fourth-order valence-electron chi connectivity index (χ4n) is 5.61. The highest BCUT2D eigenvalue weighted by molar-refractivity contribution is 5.36. The van der Waals surface area contributed by atoms with E-state index in [-0.39, 0.29) is 17.5 Å². The van der Waals surface area contributed by atoms with Crippen LogP contribution in [0.5, 0.6) is 0 Å². The minimum absolute atomic E-state index is 0.00477. The maximum Gasteiger partial charge on any atom is 0.130 e. The Morgan fingerprint density at radius 3 is 2.25 bits per heavy atom. The summed E-state index contributed by atoms with van der Waals surface area (Å²) < 4.78 is 29.9. The predicted octanol–water partition coefficient (Wildman–Crippen LogP) is 7.39. The number of hydrogen-bond acceptors (Lipinski definition) is 2. The Morgan fingerprint density at radius 1 is 1.03 bits per heavy atom. The molecule has 4 heteroatoms. The standard InChI is InChI=1S/C28H36F2N2/c1-3-19-32(20-22-11-6-5-7-12-22)24(4-2)17-18-28(21-31,23-13-8-9-14-23)27-25(29)15-10-16-26(27)30/h5-7,10-12,15-16,23-24H,3-4,8-9,13-14,17-20H2,1-2H3.